The lowest BCUT2D eigenvalue weighted by atomic mass is 10.0. The van der Waals surface area contributed by atoms with E-state index in [2.05, 4.69) is 4.90 Å². The van der Waals surface area contributed by atoms with Crippen LogP contribution in [0.2, 0.25) is 0 Å². The average Bonchev–Trinajstić information content (AvgIpc) is 2.82. The lowest BCUT2D eigenvalue weighted by molar-refractivity contribution is 0.148. The van der Waals surface area contributed by atoms with Crippen LogP contribution in [0.1, 0.15) is 36.5 Å². The summed E-state index contributed by atoms with van der Waals surface area (Å²) < 4.78 is 13.4. The highest BCUT2D eigenvalue weighted by Crippen LogP contribution is 2.20. The van der Waals surface area contributed by atoms with Gasteiger partial charge in [-0.05, 0) is 56.5 Å². The first-order chi connectivity index (χ1) is 8.16. The average molecular weight is 237 g/mol. The van der Waals surface area contributed by atoms with Gasteiger partial charge in [0.2, 0.25) is 0 Å². The van der Waals surface area contributed by atoms with E-state index in [4.69, 9.17) is 0 Å². The Kier molecular flexibility index (Phi) is 4.13. The van der Waals surface area contributed by atoms with Gasteiger partial charge in [-0.25, -0.2) is 4.39 Å². The van der Waals surface area contributed by atoms with Gasteiger partial charge in [-0.15, -0.1) is 0 Å². The first-order valence-electron chi connectivity index (χ1n) is 6.33. The molecule has 1 aromatic carbocycles. The predicted octanol–water partition coefficient (Wildman–Crippen LogP) is 2.65. The van der Waals surface area contributed by atoms with Crippen molar-refractivity contribution < 1.29 is 9.50 Å². The van der Waals surface area contributed by atoms with Crippen molar-refractivity contribution in [3.05, 3.63) is 35.1 Å². The fourth-order valence-electron chi connectivity index (χ4n) is 2.29. The van der Waals surface area contributed by atoms with E-state index in [-0.39, 0.29) is 5.82 Å². The largest absolute Gasteiger partial charge is 0.388 e. The second-order valence-corrected chi connectivity index (χ2v) is 4.86. The molecule has 0 aliphatic carbocycles. The number of aliphatic hydroxyl groups is 1. The van der Waals surface area contributed by atoms with Crippen molar-refractivity contribution in [1.29, 1.82) is 0 Å². The minimum atomic E-state index is -0.550. The first kappa shape index (κ1) is 12.5. The van der Waals surface area contributed by atoms with Crippen LogP contribution in [0.4, 0.5) is 4.39 Å². The van der Waals surface area contributed by atoms with Crippen LogP contribution in [-0.4, -0.2) is 29.6 Å². The third-order valence-corrected chi connectivity index (χ3v) is 3.50. The maximum atomic E-state index is 13.4. The minimum Gasteiger partial charge on any atom is -0.388 e. The second kappa shape index (κ2) is 5.61. The van der Waals surface area contributed by atoms with Crippen molar-refractivity contribution in [2.45, 2.75) is 32.3 Å². The molecular weight excluding hydrogens is 217 g/mol. The minimum absolute atomic E-state index is 0.234. The van der Waals surface area contributed by atoms with E-state index in [9.17, 15) is 9.50 Å². The van der Waals surface area contributed by atoms with E-state index in [1.165, 1.54) is 18.9 Å². The Morgan fingerprint density at radius 1 is 1.35 bits per heavy atom. The molecule has 2 nitrogen and oxygen atoms in total. The number of likely N-dealkylation sites (tertiary alicyclic amines) is 1. The molecule has 0 unspecified atom stereocenters. The lowest BCUT2D eigenvalue weighted by Crippen LogP contribution is -2.22. The van der Waals surface area contributed by atoms with Crippen molar-refractivity contribution in [2.75, 3.05) is 19.6 Å². The molecule has 0 spiro atoms. The third kappa shape index (κ3) is 3.27. The molecule has 17 heavy (non-hydrogen) atoms. The molecule has 94 valence electrons. The van der Waals surface area contributed by atoms with Gasteiger partial charge in [0, 0.05) is 6.54 Å². The van der Waals surface area contributed by atoms with Crippen LogP contribution in [0.25, 0.3) is 0 Å². The third-order valence-electron chi connectivity index (χ3n) is 3.50. The number of aliphatic hydroxyl groups excluding tert-OH is 1. The lowest BCUT2D eigenvalue weighted by Gasteiger charge is -2.17. The summed E-state index contributed by atoms with van der Waals surface area (Å²) in [5, 5.41) is 10.0. The molecule has 1 heterocycles. The zero-order valence-corrected chi connectivity index (χ0v) is 10.3. The number of halogens is 1. The van der Waals surface area contributed by atoms with Gasteiger partial charge in [-0.1, -0.05) is 12.1 Å². The molecule has 1 fully saturated rings. The van der Waals surface area contributed by atoms with Crippen LogP contribution in [-0.2, 0) is 0 Å². The SMILES string of the molecule is Cc1ccc([C@@H](O)CCN2CCCC2)cc1F. The van der Waals surface area contributed by atoms with E-state index in [1.807, 2.05) is 6.07 Å². The Balaban J connectivity index is 1.89. The fourth-order valence-corrected chi connectivity index (χ4v) is 2.29. The summed E-state index contributed by atoms with van der Waals surface area (Å²) in [6.07, 6.45) is 2.65. The number of aryl methyl sites for hydroxylation is 1. The molecule has 0 bridgehead atoms. The molecule has 1 N–H and O–H groups in total. The van der Waals surface area contributed by atoms with Crippen LogP contribution in [0, 0.1) is 12.7 Å². The summed E-state index contributed by atoms with van der Waals surface area (Å²) in [5.74, 6) is -0.234. The quantitative estimate of drug-likeness (QED) is 0.870. The monoisotopic (exact) mass is 237 g/mol. The maximum absolute atomic E-state index is 13.4. The molecule has 0 saturated carbocycles. The van der Waals surface area contributed by atoms with E-state index in [0.717, 1.165) is 19.6 Å². The smallest absolute Gasteiger partial charge is 0.126 e. The molecule has 0 amide bonds. The van der Waals surface area contributed by atoms with E-state index < -0.39 is 6.10 Å². The van der Waals surface area contributed by atoms with Gasteiger partial charge in [0.15, 0.2) is 0 Å². The maximum Gasteiger partial charge on any atom is 0.126 e. The summed E-state index contributed by atoms with van der Waals surface area (Å²) in [6.45, 7) is 4.90. The summed E-state index contributed by atoms with van der Waals surface area (Å²) in [6, 6.07) is 4.99. The van der Waals surface area contributed by atoms with E-state index >= 15 is 0 Å². The molecular formula is C14H20FNO. The van der Waals surface area contributed by atoms with Crippen LogP contribution in [0.15, 0.2) is 18.2 Å². The van der Waals surface area contributed by atoms with Crippen LogP contribution in [0.3, 0.4) is 0 Å². The molecule has 2 rings (SSSR count). The summed E-state index contributed by atoms with van der Waals surface area (Å²) in [7, 11) is 0. The standard InChI is InChI=1S/C14H20FNO/c1-11-4-5-12(10-13(11)15)14(17)6-9-16-7-2-3-8-16/h4-5,10,14,17H,2-3,6-9H2,1H3/t14-/m0/s1. The number of hydrogen-bond donors (Lipinski definition) is 1. The number of rotatable bonds is 4. The van der Waals surface area contributed by atoms with Crippen molar-refractivity contribution in [1.82, 2.24) is 4.90 Å². The van der Waals surface area contributed by atoms with Crippen LogP contribution >= 0.6 is 0 Å². The number of hydrogen-bond acceptors (Lipinski definition) is 2. The Morgan fingerprint density at radius 3 is 2.71 bits per heavy atom. The fraction of sp³-hybridized carbons (Fsp3) is 0.571. The van der Waals surface area contributed by atoms with Gasteiger partial charge >= 0.3 is 0 Å². The molecule has 1 saturated heterocycles. The van der Waals surface area contributed by atoms with Crippen molar-refractivity contribution in [3.8, 4) is 0 Å². The van der Waals surface area contributed by atoms with Crippen molar-refractivity contribution in [3.63, 3.8) is 0 Å². The molecule has 1 atom stereocenters. The first-order valence-corrected chi connectivity index (χ1v) is 6.33. The predicted molar refractivity (Wildman–Crippen MR) is 66.4 cm³/mol. The van der Waals surface area contributed by atoms with Crippen molar-refractivity contribution in [2.24, 2.45) is 0 Å². The van der Waals surface area contributed by atoms with E-state index in [1.54, 1.807) is 13.0 Å². The van der Waals surface area contributed by atoms with Crippen LogP contribution in [0.5, 0.6) is 0 Å². The Hall–Kier alpha value is -0.930. The molecule has 1 aliphatic heterocycles. The highest BCUT2D eigenvalue weighted by molar-refractivity contribution is 5.24. The highest BCUT2D eigenvalue weighted by atomic mass is 19.1. The summed E-state index contributed by atoms with van der Waals surface area (Å²) in [4.78, 5) is 2.35. The molecule has 1 aromatic rings. The molecule has 3 heteroatoms. The number of nitrogens with zero attached hydrogens (tertiary/aromatic N) is 1. The van der Waals surface area contributed by atoms with E-state index in [0.29, 0.717) is 17.5 Å². The van der Waals surface area contributed by atoms with Gasteiger partial charge in [-0.3, -0.25) is 0 Å². The van der Waals surface area contributed by atoms with Crippen molar-refractivity contribution >= 4 is 0 Å². The molecule has 0 radical (unpaired) electrons. The van der Waals surface area contributed by atoms with Gasteiger partial charge in [0.1, 0.15) is 5.82 Å². The highest BCUT2D eigenvalue weighted by Gasteiger charge is 2.15. The summed E-state index contributed by atoms with van der Waals surface area (Å²) >= 11 is 0. The topological polar surface area (TPSA) is 23.5 Å². The molecule has 0 aromatic heterocycles. The van der Waals surface area contributed by atoms with Gasteiger partial charge < -0.3 is 10.0 Å². The van der Waals surface area contributed by atoms with Gasteiger partial charge in [0.05, 0.1) is 6.10 Å². The molecule has 1 aliphatic rings. The Labute approximate surface area is 102 Å². The zero-order chi connectivity index (χ0) is 12.3. The Morgan fingerprint density at radius 2 is 2.06 bits per heavy atom. The van der Waals surface area contributed by atoms with Crippen LogP contribution < -0.4 is 0 Å². The normalized spacial score (nSPS) is 18.5. The van der Waals surface area contributed by atoms with Gasteiger partial charge in [-0.2, -0.15) is 0 Å². The summed E-state index contributed by atoms with van der Waals surface area (Å²) in [5.41, 5.74) is 1.31. The second-order valence-electron chi connectivity index (χ2n) is 4.86. The van der Waals surface area contributed by atoms with Gasteiger partial charge in [0.25, 0.3) is 0 Å². The zero-order valence-electron chi connectivity index (χ0n) is 10.3. The Bertz CT molecular complexity index is 374. The number of benzene rings is 1.